The van der Waals surface area contributed by atoms with Gasteiger partial charge in [-0.1, -0.05) is 0 Å². The van der Waals surface area contributed by atoms with Crippen molar-refractivity contribution in [3.05, 3.63) is 18.0 Å². The smallest absolute Gasteiger partial charge is 0.308 e. The third-order valence-corrected chi connectivity index (χ3v) is 0.988. The van der Waals surface area contributed by atoms with Gasteiger partial charge in [0.1, 0.15) is 0 Å². The van der Waals surface area contributed by atoms with Crippen molar-refractivity contribution in [1.82, 2.24) is 9.97 Å². The van der Waals surface area contributed by atoms with E-state index in [1.54, 1.807) is 6.92 Å². The molecule has 0 radical (unpaired) electrons. The Morgan fingerprint density at radius 1 is 1.67 bits per heavy atom. The number of nitrogens with zero attached hydrogens (tertiary/aromatic N) is 2. The average molecular weight is 127 g/mol. The van der Waals surface area contributed by atoms with E-state index in [4.69, 9.17) is 5.73 Å². The summed E-state index contributed by atoms with van der Waals surface area (Å²) in [5.74, 6) is 0. The molecule has 0 saturated carbocycles. The Balaban J connectivity index is 3.17. The number of aromatic nitrogens is 2. The van der Waals surface area contributed by atoms with Crippen LogP contribution in [0, 0.1) is 13.0 Å². The summed E-state index contributed by atoms with van der Waals surface area (Å²) in [6.07, 6.45) is 0.513. The van der Waals surface area contributed by atoms with Crippen molar-refractivity contribution < 1.29 is 4.39 Å². The minimum Gasteiger partial charge on any atom is -0.396 e. The molecule has 1 rings (SSSR count). The van der Waals surface area contributed by atoms with Gasteiger partial charge in [0.05, 0.1) is 17.6 Å². The summed E-state index contributed by atoms with van der Waals surface area (Å²) in [6.45, 7) is 1.63. The number of hydrogen-bond donors (Lipinski definition) is 1. The van der Waals surface area contributed by atoms with Crippen LogP contribution >= 0.6 is 0 Å². The van der Waals surface area contributed by atoms with Crippen LogP contribution in [0.15, 0.2) is 6.20 Å². The van der Waals surface area contributed by atoms with Crippen molar-refractivity contribution in [2.24, 2.45) is 0 Å². The number of hydrogen-bond acceptors (Lipinski definition) is 3. The molecule has 2 N–H and O–H groups in total. The van der Waals surface area contributed by atoms with Gasteiger partial charge in [-0.15, -0.1) is 0 Å². The molecular formula is C5H6FN3. The first-order valence-corrected chi connectivity index (χ1v) is 2.45. The Hall–Kier alpha value is -1.19. The zero-order chi connectivity index (χ0) is 6.85. The fourth-order valence-corrected chi connectivity index (χ4v) is 0.448. The largest absolute Gasteiger partial charge is 0.396 e. The van der Waals surface area contributed by atoms with Gasteiger partial charge in [-0.3, -0.25) is 0 Å². The summed E-state index contributed by atoms with van der Waals surface area (Å²) in [6, 6.07) is 0. The summed E-state index contributed by atoms with van der Waals surface area (Å²) in [4.78, 5) is 6.61. The van der Waals surface area contributed by atoms with Crippen LogP contribution < -0.4 is 5.73 Å². The molecule has 9 heavy (non-hydrogen) atoms. The maximum Gasteiger partial charge on any atom is 0.308 e. The normalized spacial score (nSPS) is 9.56. The van der Waals surface area contributed by atoms with E-state index in [0.29, 0.717) is 11.4 Å². The highest BCUT2D eigenvalue weighted by Gasteiger charge is 1.95. The zero-order valence-corrected chi connectivity index (χ0v) is 4.93. The summed E-state index contributed by atoms with van der Waals surface area (Å²) >= 11 is 0. The maximum absolute atomic E-state index is 12.1. The van der Waals surface area contributed by atoms with Gasteiger partial charge in [0.15, 0.2) is 0 Å². The van der Waals surface area contributed by atoms with Crippen LogP contribution in [0.5, 0.6) is 0 Å². The second-order valence-corrected chi connectivity index (χ2v) is 1.68. The molecule has 0 aliphatic rings. The second-order valence-electron chi connectivity index (χ2n) is 1.68. The van der Waals surface area contributed by atoms with Gasteiger partial charge in [-0.05, 0) is 6.92 Å². The number of aryl methyl sites for hydroxylation is 1. The first-order valence-electron chi connectivity index (χ1n) is 2.45. The van der Waals surface area contributed by atoms with Crippen LogP contribution in [0.25, 0.3) is 0 Å². The van der Waals surface area contributed by atoms with Crippen molar-refractivity contribution in [3.63, 3.8) is 0 Å². The monoisotopic (exact) mass is 127 g/mol. The number of anilines is 1. The van der Waals surface area contributed by atoms with Gasteiger partial charge >= 0.3 is 6.08 Å². The molecule has 0 unspecified atom stereocenters. The van der Waals surface area contributed by atoms with Gasteiger partial charge in [0.2, 0.25) is 0 Å². The standard InChI is InChI=1S/C5H6FN3/c1-3-4(7)2-8-5(6)9-3/h2H,7H2,1H3. The van der Waals surface area contributed by atoms with Gasteiger partial charge in [0, 0.05) is 0 Å². The predicted molar refractivity (Wildman–Crippen MR) is 31.1 cm³/mol. The van der Waals surface area contributed by atoms with Crippen LogP contribution in [0.3, 0.4) is 0 Å². The van der Waals surface area contributed by atoms with Gasteiger partial charge in [-0.25, -0.2) is 9.97 Å². The Bertz CT molecular complexity index is 223. The molecule has 1 aromatic rings. The minimum atomic E-state index is -0.735. The molecule has 0 spiro atoms. The topological polar surface area (TPSA) is 51.8 Å². The molecule has 1 aromatic heterocycles. The van der Waals surface area contributed by atoms with E-state index in [9.17, 15) is 4.39 Å². The van der Waals surface area contributed by atoms with E-state index in [-0.39, 0.29) is 0 Å². The molecule has 4 heteroatoms. The minimum absolute atomic E-state index is 0.413. The summed E-state index contributed by atoms with van der Waals surface area (Å²) in [5.41, 5.74) is 6.18. The number of halogens is 1. The highest BCUT2D eigenvalue weighted by atomic mass is 19.1. The van der Waals surface area contributed by atoms with Crippen molar-refractivity contribution in [3.8, 4) is 0 Å². The van der Waals surface area contributed by atoms with E-state index in [0.717, 1.165) is 0 Å². The zero-order valence-electron chi connectivity index (χ0n) is 4.93. The first kappa shape index (κ1) is 5.94. The molecule has 1 heterocycles. The Kier molecular flexibility index (Phi) is 1.30. The third-order valence-electron chi connectivity index (χ3n) is 0.988. The fourth-order valence-electron chi connectivity index (χ4n) is 0.448. The van der Waals surface area contributed by atoms with Crippen LogP contribution in [-0.2, 0) is 0 Å². The number of nitrogen functional groups attached to an aromatic ring is 1. The summed E-state index contributed by atoms with van der Waals surface area (Å²) in [7, 11) is 0. The van der Waals surface area contributed by atoms with Crippen molar-refractivity contribution in [2.75, 3.05) is 5.73 Å². The van der Waals surface area contributed by atoms with Crippen molar-refractivity contribution >= 4 is 5.69 Å². The van der Waals surface area contributed by atoms with Crippen LogP contribution in [0.1, 0.15) is 5.69 Å². The Morgan fingerprint density at radius 2 is 2.33 bits per heavy atom. The summed E-state index contributed by atoms with van der Waals surface area (Å²) in [5, 5.41) is 0. The van der Waals surface area contributed by atoms with Crippen molar-refractivity contribution in [1.29, 1.82) is 0 Å². The lowest BCUT2D eigenvalue weighted by molar-refractivity contribution is 0.536. The van der Waals surface area contributed by atoms with Crippen molar-refractivity contribution in [2.45, 2.75) is 6.92 Å². The quantitative estimate of drug-likeness (QED) is 0.516. The average Bonchev–Trinajstić information content (AvgIpc) is 1.80. The Morgan fingerprint density at radius 3 is 2.78 bits per heavy atom. The van der Waals surface area contributed by atoms with E-state index in [2.05, 4.69) is 9.97 Å². The molecule has 0 atom stereocenters. The lowest BCUT2D eigenvalue weighted by Crippen LogP contribution is -1.97. The van der Waals surface area contributed by atoms with E-state index >= 15 is 0 Å². The lowest BCUT2D eigenvalue weighted by atomic mass is 10.4. The molecule has 0 aliphatic heterocycles. The third kappa shape index (κ3) is 1.13. The molecule has 0 aromatic carbocycles. The summed E-state index contributed by atoms with van der Waals surface area (Å²) < 4.78 is 12.1. The molecule has 0 aliphatic carbocycles. The lowest BCUT2D eigenvalue weighted by Gasteiger charge is -1.94. The molecular weight excluding hydrogens is 121 g/mol. The van der Waals surface area contributed by atoms with E-state index in [1.165, 1.54) is 6.20 Å². The number of rotatable bonds is 0. The Labute approximate surface area is 51.7 Å². The van der Waals surface area contributed by atoms with Gasteiger partial charge < -0.3 is 5.73 Å². The fraction of sp³-hybridized carbons (Fsp3) is 0.200. The van der Waals surface area contributed by atoms with Crippen LogP contribution in [0.4, 0.5) is 10.1 Å². The van der Waals surface area contributed by atoms with E-state index < -0.39 is 6.08 Å². The van der Waals surface area contributed by atoms with Crippen LogP contribution in [-0.4, -0.2) is 9.97 Å². The second kappa shape index (κ2) is 1.97. The highest BCUT2D eigenvalue weighted by Crippen LogP contribution is 2.02. The molecule has 0 bridgehead atoms. The molecule has 3 nitrogen and oxygen atoms in total. The predicted octanol–water partition coefficient (Wildman–Crippen LogP) is 0.506. The molecule has 48 valence electrons. The first-order chi connectivity index (χ1) is 4.20. The highest BCUT2D eigenvalue weighted by molar-refractivity contribution is 5.38. The van der Waals surface area contributed by atoms with Crippen LogP contribution in [0.2, 0.25) is 0 Å². The van der Waals surface area contributed by atoms with Gasteiger partial charge in [0.25, 0.3) is 0 Å². The van der Waals surface area contributed by atoms with E-state index in [1.807, 2.05) is 0 Å². The SMILES string of the molecule is Cc1nc(F)ncc1N. The molecule has 0 fully saturated rings. The van der Waals surface area contributed by atoms with Gasteiger partial charge in [-0.2, -0.15) is 4.39 Å². The number of nitrogens with two attached hydrogens (primary N) is 1. The molecule has 0 amide bonds. The molecule has 0 saturated heterocycles. The maximum atomic E-state index is 12.1.